The van der Waals surface area contributed by atoms with E-state index in [9.17, 15) is 0 Å². The van der Waals surface area contributed by atoms with Gasteiger partial charge in [0.25, 0.3) is 0 Å². The highest BCUT2D eigenvalue weighted by molar-refractivity contribution is 14.1. The topological polar surface area (TPSA) is 12.0 Å². The van der Waals surface area contributed by atoms with Crippen LogP contribution in [0, 0.1) is 9.49 Å². The molecule has 0 bridgehead atoms. The summed E-state index contributed by atoms with van der Waals surface area (Å²) in [6.07, 6.45) is 4.19. The summed E-state index contributed by atoms with van der Waals surface area (Å²) in [5.41, 5.74) is 1.45. The molecule has 1 N–H and O–H groups in total. The molecular weight excluding hydrogens is 297 g/mol. The van der Waals surface area contributed by atoms with Gasteiger partial charge in [-0.15, -0.1) is 0 Å². The van der Waals surface area contributed by atoms with Gasteiger partial charge in [0.15, 0.2) is 0 Å². The monoisotopic (exact) mass is 315 g/mol. The number of hydrogen-bond donors (Lipinski definition) is 1. The van der Waals surface area contributed by atoms with Gasteiger partial charge < -0.3 is 5.32 Å². The molecule has 1 aliphatic rings. The summed E-state index contributed by atoms with van der Waals surface area (Å²) in [5, 5.41) is 3.59. The summed E-state index contributed by atoms with van der Waals surface area (Å²) in [4.78, 5) is 0. The van der Waals surface area contributed by atoms with Crippen LogP contribution in [0.2, 0.25) is 0 Å². The molecular formula is C13H18IN. The van der Waals surface area contributed by atoms with Gasteiger partial charge in [-0.3, -0.25) is 0 Å². The van der Waals surface area contributed by atoms with Gasteiger partial charge >= 0.3 is 0 Å². The highest BCUT2D eigenvalue weighted by atomic mass is 127. The molecule has 82 valence electrons. The van der Waals surface area contributed by atoms with Crippen LogP contribution in [0.3, 0.4) is 0 Å². The number of benzene rings is 1. The van der Waals surface area contributed by atoms with E-state index in [2.05, 4.69) is 59.1 Å². The summed E-state index contributed by atoms with van der Waals surface area (Å²) in [6.45, 7) is 3.25. The molecule has 2 rings (SSSR count). The van der Waals surface area contributed by atoms with Crippen LogP contribution in [0.15, 0.2) is 24.3 Å². The molecule has 1 unspecified atom stereocenters. The second-order valence-electron chi connectivity index (χ2n) is 4.34. The maximum absolute atomic E-state index is 3.59. The van der Waals surface area contributed by atoms with E-state index >= 15 is 0 Å². The summed E-state index contributed by atoms with van der Waals surface area (Å²) in [7, 11) is 0. The van der Waals surface area contributed by atoms with Gasteiger partial charge in [0.1, 0.15) is 0 Å². The first-order valence-electron chi connectivity index (χ1n) is 5.78. The lowest BCUT2D eigenvalue weighted by molar-refractivity contribution is 0.487. The average Bonchev–Trinajstić information content (AvgIpc) is 3.01. The number of hydrogen-bond acceptors (Lipinski definition) is 1. The van der Waals surface area contributed by atoms with Crippen molar-refractivity contribution in [1.82, 2.24) is 5.32 Å². The smallest absolute Gasteiger partial charge is 0.0323 e. The largest absolute Gasteiger partial charge is 0.310 e. The van der Waals surface area contributed by atoms with Crippen molar-refractivity contribution >= 4 is 22.6 Å². The van der Waals surface area contributed by atoms with Crippen LogP contribution in [0.25, 0.3) is 0 Å². The van der Waals surface area contributed by atoms with Crippen molar-refractivity contribution in [3.63, 3.8) is 0 Å². The van der Waals surface area contributed by atoms with Gasteiger partial charge in [-0.2, -0.15) is 0 Å². The molecule has 2 heteroatoms. The highest BCUT2D eigenvalue weighted by Gasteiger charge is 2.25. The van der Waals surface area contributed by atoms with Gasteiger partial charge in [0.05, 0.1) is 0 Å². The highest BCUT2D eigenvalue weighted by Crippen LogP contribution is 2.37. The van der Waals surface area contributed by atoms with Crippen molar-refractivity contribution in [2.24, 2.45) is 5.92 Å². The fourth-order valence-electron chi connectivity index (χ4n) is 1.99. The molecule has 0 amide bonds. The van der Waals surface area contributed by atoms with Crippen molar-refractivity contribution in [3.05, 3.63) is 33.4 Å². The molecule has 1 aromatic rings. The minimum atomic E-state index is 0.567. The number of halogens is 1. The molecule has 1 atom stereocenters. The number of nitrogens with one attached hydrogen (secondary N) is 1. The standard InChI is InChI=1S/C13H18IN/c1-2-15-13(8-10-6-7-10)11-4-3-5-12(14)9-11/h3-5,9-10,13,15H,2,6-8H2,1H3. The first-order chi connectivity index (χ1) is 7.29. The minimum Gasteiger partial charge on any atom is -0.310 e. The Hall–Kier alpha value is -0.0900. The Bertz CT molecular complexity index is 320. The van der Waals surface area contributed by atoms with Crippen molar-refractivity contribution in [1.29, 1.82) is 0 Å². The molecule has 0 radical (unpaired) electrons. The zero-order valence-electron chi connectivity index (χ0n) is 9.17. The predicted octanol–water partition coefficient (Wildman–Crippen LogP) is 3.74. The van der Waals surface area contributed by atoms with Crippen molar-refractivity contribution < 1.29 is 0 Å². The van der Waals surface area contributed by atoms with Crippen LogP contribution >= 0.6 is 22.6 Å². The molecule has 0 heterocycles. The molecule has 0 spiro atoms. The van der Waals surface area contributed by atoms with E-state index in [1.807, 2.05) is 0 Å². The van der Waals surface area contributed by atoms with Gasteiger partial charge in [0, 0.05) is 9.61 Å². The zero-order chi connectivity index (χ0) is 10.7. The first kappa shape index (κ1) is 11.4. The molecule has 1 aromatic carbocycles. The molecule has 0 aliphatic heterocycles. The summed E-state index contributed by atoms with van der Waals surface area (Å²) < 4.78 is 1.34. The fraction of sp³-hybridized carbons (Fsp3) is 0.538. The van der Waals surface area contributed by atoms with E-state index in [1.165, 1.54) is 28.4 Å². The zero-order valence-corrected chi connectivity index (χ0v) is 11.3. The maximum atomic E-state index is 3.59. The molecule has 0 aromatic heterocycles. The maximum Gasteiger partial charge on any atom is 0.0323 e. The van der Waals surface area contributed by atoms with Crippen molar-refractivity contribution in [3.8, 4) is 0 Å². The SMILES string of the molecule is CCNC(CC1CC1)c1cccc(I)c1. The second kappa shape index (κ2) is 5.30. The van der Waals surface area contributed by atoms with Gasteiger partial charge in [0.2, 0.25) is 0 Å². The Labute approximate surface area is 106 Å². The quantitative estimate of drug-likeness (QED) is 0.816. The van der Waals surface area contributed by atoms with Crippen LogP contribution in [0.1, 0.15) is 37.8 Å². The summed E-state index contributed by atoms with van der Waals surface area (Å²) in [5.74, 6) is 0.979. The third-order valence-corrected chi connectivity index (χ3v) is 3.64. The van der Waals surface area contributed by atoms with Crippen molar-refractivity contribution in [2.45, 2.75) is 32.2 Å². The van der Waals surface area contributed by atoms with Crippen LogP contribution in [-0.4, -0.2) is 6.54 Å². The van der Waals surface area contributed by atoms with E-state index < -0.39 is 0 Å². The average molecular weight is 315 g/mol. The Morgan fingerprint density at radius 1 is 1.47 bits per heavy atom. The third kappa shape index (κ3) is 3.45. The van der Waals surface area contributed by atoms with E-state index in [1.54, 1.807) is 0 Å². The lowest BCUT2D eigenvalue weighted by Gasteiger charge is -2.18. The summed E-state index contributed by atoms with van der Waals surface area (Å²) >= 11 is 2.39. The Morgan fingerprint density at radius 2 is 2.27 bits per heavy atom. The van der Waals surface area contributed by atoms with Gasteiger partial charge in [-0.1, -0.05) is 31.9 Å². The molecule has 1 nitrogen and oxygen atoms in total. The van der Waals surface area contributed by atoms with Gasteiger partial charge in [-0.05, 0) is 59.2 Å². The lowest BCUT2D eigenvalue weighted by Crippen LogP contribution is -2.21. The predicted molar refractivity (Wildman–Crippen MR) is 72.9 cm³/mol. The second-order valence-corrected chi connectivity index (χ2v) is 5.59. The number of rotatable bonds is 5. The van der Waals surface area contributed by atoms with Crippen LogP contribution in [0.4, 0.5) is 0 Å². The van der Waals surface area contributed by atoms with Crippen LogP contribution in [-0.2, 0) is 0 Å². The van der Waals surface area contributed by atoms with Crippen molar-refractivity contribution in [2.75, 3.05) is 6.54 Å². The molecule has 15 heavy (non-hydrogen) atoms. The van der Waals surface area contributed by atoms with Crippen LogP contribution < -0.4 is 5.32 Å². The van der Waals surface area contributed by atoms with E-state index in [0.717, 1.165) is 12.5 Å². The Morgan fingerprint density at radius 3 is 2.87 bits per heavy atom. The minimum absolute atomic E-state index is 0.567. The van der Waals surface area contributed by atoms with E-state index in [0.29, 0.717) is 6.04 Å². The third-order valence-electron chi connectivity index (χ3n) is 2.97. The summed E-state index contributed by atoms with van der Waals surface area (Å²) in [6, 6.07) is 9.43. The first-order valence-corrected chi connectivity index (χ1v) is 6.86. The molecule has 1 fully saturated rings. The van der Waals surface area contributed by atoms with Crippen LogP contribution in [0.5, 0.6) is 0 Å². The molecule has 0 saturated heterocycles. The normalized spacial score (nSPS) is 17.7. The Kier molecular flexibility index (Phi) is 4.03. The van der Waals surface area contributed by atoms with E-state index in [4.69, 9.17) is 0 Å². The fourth-order valence-corrected chi connectivity index (χ4v) is 2.56. The van der Waals surface area contributed by atoms with Gasteiger partial charge in [-0.25, -0.2) is 0 Å². The molecule has 1 aliphatic carbocycles. The Balaban J connectivity index is 2.07. The molecule has 1 saturated carbocycles. The van der Waals surface area contributed by atoms with E-state index in [-0.39, 0.29) is 0 Å². The lowest BCUT2D eigenvalue weighted by atomic mass is 10.0.